The highest BCUT2D eigenvalue weighted by atomic mass is 32.2. The molecule has 1 aliphatic carbocycles. The number of hydrogen-bond donors (Lipinski definition) is 2. The van der Waals surface area contributed by atoms with Crippen LogP contribution in [0.1, 0.15) is 24.8 Å². The molecule has 28 heavy (non-hydrogen) atoms. The normalized spacial score (nSPS) is 17.1. The summed E-state index contributed by atoms with van der Waals surface area (Å²) < 4.78 is 27.8. The number of likely N-dealkylation sites (tertiary alicyclic amines) is 1. The molecule has 2 aromatic carbocycles. The summed E-state index contributed by atoms with van der Waals surface area (Å²) in [4.78, 5) is 14.4. The number of carbonyl (C=O) groups is 1. The molecule has 7 heteroatoms. The lowest BCUT2D eigenvalue weighted by Gasteiger charge is -2.39. The molecule has 2 amide bonds. The average Bonchev–Trinajstić information content (AvgIpc) is 3.48. The molecule has 1 saturated heterocycles. The van der Waals surface area contributed by atoms with Gasteiger partial charge in [-0.25, -0.2) is 13.2 Å². The zero-order valence-corrected chi connectivity index (χ0v) is 16.5. The van der Waals surface area contributed by atoms with Crippen LogP contribution in [0, 0.1) is 11.8 Å². The highest BCUT2D eigenvalue weighted by molar-refractivity contribution is 7.92. The number of nitrogens with one attached hydrogen (secondary N) is 2. The number of benzene rings is 2. The number of carbonyl (C=O) groups excluding carboxylic acids is 1. The first kappa shape index (κ1) is 18.8. The van der Waals surface area contributed by atoms with Crippen molar-refractivity contribution in [2.75, 3.05) is 17.8 Å². The summed E-state index contributed by atoms with van der Waals surface area (Å²) in [6.07, 6.45) is 3.94. The molecule has 0 radical (unpaired) electrons. The average molecular weight is 400 g/mol. The fraction of sp³-hybridized carbons (Fsp3) is 0.381. The van der Waals surface area contributed by atoms with E-state index in [-0.39, 0.29) is 17.5 Å². The minimum atomic E-state index is -3.67. The molecule has 1 aliphatic heterocycles. The Balaban J connectivity index is 1.35. The topological polar surface area (TPSA) is 78.5 Å². The summed E-state index contributed by atoms with van der Waals surface area (Å²) in [5, 5.41) is 2.91. The Hall–Kier alpha value is -2.54. The predicted octanol–water partition coefficient (Wildman–Crippen LogP) is 3.43. The largest absolute Gasteiger partial charge is 0.334 e. The molecule has 2 aromatic rings. The number of para-hydroxylation sites is 1. The SMILES string of the molecule is O=C(NCc1ccccc1NS(=O)(=O)c1ccccc1)N1CC(CC2CC2)C1. The van der Waals surface area contributed by atoms with E-state index < -0.39 is 10.0 Å². The molecule has 0 unspecified atom stereocenters. The third kappa shape index (κ3) is 4.47. The lowest BCUT2D eigenvalue weighted by molar-refractivity contribution is 0.112. The van der Waals surface area contributed by atoms with Crippen LogP contribution in [0.15, 0.2) is 59.5 Å². The molecule has 0 aromatic heterocycles. The quantitative estimate of drug-likeness (QED) is 0.749. The lowest BCUT2D eigenvalue weighted by Crippen LogP contribution is -2.53. The first-order chi connectivity index (χ1) is 13.5. The number of sulfonamides is 1. The van der Waals surface area contributed by atoms with Gasteiger partial charge in [-0.3, -0.25) is 4.72 Å². The second-order valence-corrected chi connectivity index (χ2v) is 9.37. The van der Waals surface area contributed by atoms with Crippen molar-refractivity contribution in [2.45, 2.75) is 30.7 Å². The molecule has 1 heterocycles. The maximum Gasteiger partial charge on any atom is 0.317 e. The van der Waals surface area contributed by atoms with E-state index in [1.807, 2.05) is 17.0 Å². The standard InChI is InChI=1S/C21H25N3O3S/c25-21(24-14-17(15-24)12-16-10-11-16)22-13-18-6-4-5-9-20(18)23-28(26,27)19-7-2-1-3-8-19/h1-9,16-17,23H,10-15H2,(H,22,25). The van der Waals surface area contributed by atoms with Crippen LogP contribution in [-0.2, 0) is 16.6 Å². The van der Waals surface area contributed by atoms with E-state index in [9.17, 15) is 13.2 Å². The molecule has 148 valence electrons. The first-order valence-corrected chi connectivity index (χ1v) is 11.2. The van der Waals surface area contributed by atoms with Crippen LogP contribution in [0.4, 0.5) is 10.5 Å². The fourth-order valence-corrected chi connectivity index (χ4v) is 4.69. The van der Waals surface area contributed by atoms with Gasteiger partial charge in [0, 0.05) is 19.6 Å². The maximum absolute atomic E-state index is 12.6. The highest BCUT2D eigenvalue weighted by Crippen LogP contribution is 2.37. The number of urea groups is 1. The number of amides is 2. The van der Waals surface area contributed by atoms with Crippen molar-refractivity contribution >= 4 is 21.7 Å². The molecule has 2 N–H and O–H groups in total. The van der Waals surface area contributed by atoms with Crippen LogP contribution < -0.4 is 10.0 Å². The van der Waals surface area contributed by atoms with Gasteiger partial charge < -0.3 is 10.2 Å². The summed E-state index contributed by atoms with van der Waals surface area (Å²) >= 11 is 0. The third-order valence-electron chi connectivity index (χ3n) is 5.35. The van der Waals surface area contributed by atoms with Gasteiger partial charge >= 0.3 is 6.03 Å². The molecule has 0 atom stereocenters. The van der Waals surface area contributed by atoms with Gasteiger partial charge in [0.05, 0.1) is 10.6 Å². The first-order valence-electron chi connectivity index (χ1n) is 9.70. The van der Waals surface area contributed by atoms with Crippen molar-refractivity contribution in [1.82, 2.24) is 10.2 Å². The van der Waals surface area contributed by atoms with Crippen molar-refractivity contribution < 1.29 is 13.2 Å². The Morgan fingerprint density at radius 3 is 2.36 bits per heavy atom. The van der Waals surface area contributed by atoms with Crippen LogP contribution in [0.25, 0.3) is 0 Å². The van der Waals surface area contributed by atoms with E-state index >= 15 is 0 Å². The molecule has 1 saturated carbocycles. The second kappa shape index (κ2) is 7.83. The van der Waals surface area contributed by atoms with E-state index in [4.69, 9.17) is 0 Å². The van der Waals surface area contributed by atoms with Gasteiger partial charge in [-0.05, 0) is 42.0 Å². The molecular weight excluding hydrogens is 374 g/mol. The third-order valence-corrected chi connectivity index (χ3v) is 6.73. The zero-order valence-electron chi connectivity index (χ0n) is 15.7. The van der Waals surface area contributed by atoms with Crippen molar-refractivity contribution in [3.8, 4) is 0 Å². The van der Waals surface area contributed by atoms with Gasteiger partial charge in [0.2, 0.25) is 0 Å². The van der Waals surface area contributed by atoms with Gasteiger partial charge in [0.15, 0.2) is 0 Å². The zero-order chi connectivity index (χ0) is 19.6. The molecule has 2 fully saturated rings. The lowest BCUT2D eigenvalue weighted by atomic mass is 9.94. The van der Waals surface area contributed by atoms with Gasteiger partial charge in [0.1, 0.15) is 0 Å². The molecule has 4 rings (SSSR count). The number of hydrogen-bond acceptors (Lipinski definition) is 3. The van der Waals surface area contributed by atoms with E-state index in [0.29, 0.717) is 11.6 Å². The van der Waals surface area contributed by atoms with E-state index in [1.165, 1.54) is 19.3 Å². The smallest absolute Gasteiger partial charge is 0.317 e. The summed E-state index contributed by atoms with van der Waals surface area (Å²) in [5.74, 6) is 1.53. The Morgan fingerprint density at radius 1 is 0.964 bits per heavy atom. The Labute approximate surface area is 166 Å². The van der Waals surface area contributed by atoms with Gasteiger partial charge in [0.25, 0.3) is 10.0 Å². The molecule has 0 spiro atoms. The molecular formula is C21H25N3O3S. The van der Waals surface area contributed by atoms with Gasteiger partial charge in [-0.2, -0.15) is 0 Å². The predicted molar refractivity (Wildman–Crippen MR) is 108 cm³/mol. The van der Waals surface area contributed by atoms with Gasteiger partial charge in [-0.1, -0.05) is 49.2 Å². The summed E-state index contributed by atoms with van der Waals surface area (Å²) in [7, 11) is -3.67. The van der Waals surface area contributed by atoms with Crippen LogP contribution in [0.3, 0.4) is 0 Å². The van der Waals surface area contributed by atoms with E-state index in [1.54, 1.807) is 42.5 Å². The van der Waals surface area contributed by atoms with Crippen LogP contribution in [-0.4, -0.2) is 32.4 Å². The molecule has 2 aliphatic rings. The van der Waals surface area contributed by atoms with Gasteiger partial charge in [-0.15, -0.1) is 0 Å². The van der Waals surface area contributed by atoms with E-state index in [2.05, 4.69) is 10.0 Å². The monoisotopic (exact) mass is 399 g/mol. The molecule has 6 nitrogen and oxygen atoms in total. The minimum Gasteiger partial charge on any atom is -0.334 e. The Morgan fingerprint density at radius 2 is 1.64 bits per heavy atom. The maximum atomic E-state index is 12.6. The highest BCUT2D eigenvalue weighted by Gasteiger charge is 2.35. The Kier molecular flexibility index (Phi) is 5.26. The van der Waals surface area contributed by atoms with Crippen molar-refractivity contribution in [1.29, 1.82) is 0 Å². The summed E-state index contributed by atoms with van der Waals surface area (Å²) in [6, 6.07) is 15.3. The number of anilines is 1. The van der Waals surface area contributed by atoms with Crippen LogP contribution >= 0.6 is 0 Å². The Bertz CT molecular complexity index is 936. The minimum absolute atomic E-state index is 0.0900. The summed E-state index contributed by atoms with van der Waals surface area (Å²) in [6.45, 7) is 1.92. The van der Waals surface area contributed by atoms with Crippen LogP contribution in [0.5, 0.6) is 0 Å². The summed E-state index contributed by atoms with van der Waals surface area (Å²) in [5.41, 5.74) is 1.20. The van der Waals surface area contributed by atoms with Crippen molar-refractivity contribution in [3.63, 3.8) is 0 Å². The van der Waals surface area contributed by atoms with Crippen LogP contribution in [0.2, 0.25) is 0 Å². The number of rotatable bonds is 7. The second-order valence-electron chi connectivity index (χ2n) is 7.68. The molecule has 0 bridgehead atoms. The number of nitrogens with zero attached hydrogens (tertiary/aromatic N) is 1. The van der Waals surface area contributed by atoms with Crippen molar-refractivity contribution in [2.24, 2.45) is 11.8 Å². The van der Waals surface area contributed by atoms with Crippen molar-refractivity contribution in [3.05, 3.63) is 60.2 Å². The van der Waals surface area contributed by atoms with E-state index in [0.717, 1.165) is 24.6 Å². The fourth-order valence-electron chi connectivity index (χ4n) is 3.57.